The molecule has 1 heterocycles. The number of nitrogens with zero attached hydrogens (tertiary/aromatic N) is 1. The van der Waals surface area contributed by atoms with Gasteiger partial charge in [0.25, 0.3) is 0 Å². The standard InChI is InChI=1S/C12H23N3O2S2/c1-11(2)13-6-3-4-8-19(16,17)15-7-5-12-9-18-10-14-12/h9-11,13,15H,3-8H2,1-2H3. The van der Waals surface area contributed by atoms with Crippen LogP contribution in [0.3, 0.4) is 0 Å². The minimum Gasteiger partial charge on any atom is -0.315 e. The molecular weight excluding hydrogens is 282 g/mol. The van der Waals surface area contributed by atoms with Gasteiger partial charge >= 0.3 is 0 Å². The monoisotopic (exact) mass is 305 g/mol. The third kappa shape index (κ3) is 8.30. The first-order chi connectivity index (χ1) is 8.99. The SMILES string of the molecule is CC(C)NCCCCS(=O)(=O)NCCc1cscn1. The molecule has 0 bridgehead atoms. The van der Waals surface area contributed by atoms with Crippen LogP contribution in [0.15, 0.2) is 10.9 Å². The summed E-state index contributed by atoms with van der Waals surface area (Å²) in [5.41, 5.74) is 2.69. The van der Waals surface area contributed by atoms with E-state index in [1.165, 1.54) is 11.3 Å². The minimum absolute atomic E-state index is 0.198. The Morgan fingerprint density at radius 3 is 2.74 bits per heavy atom. The van der Waals surface area contributed by atoms with Crippen LogP contribution in [0.2, 0.25) is 0 Å². The van der Waals surface area contributed by atoms with Gasteiger partial charge in [-0.15, -0.1) is 11.3 Å². The molecule has 5 nitrogen and oxygen atoms in total. The largest absolute Gasteiger partial charge is 0.315 e. The molecule has 0 aliphatic heterocycles. The van der Waals surface area contributed by atoms with Crippen LogP contribution in [-0.4, -0.2) is 38.3 Å². The van der Waals surface area contributed by atoms with Gasteiger partial charge in [0.2, 0.25) is 10.0 Å². The van der Waals surface area contributed by atoms with Gasteiger partial charge in [0, 0.05) is 24.4 Å². The molecule has 1 rings (SSSR count). The second-order valence-corrected chi connectivity index (χ2v) is 7.40. The number of sulfonamides is 1. The summed E-state index contributed by atoms with van der Waals surface area (Å²) in [5, 5.41) is 5.21. The van der Waals surface area contributed by atoms with E-state index < -0.39 is 10.0 Å². The fourth-order valence-electron chi connectivity index (χ4n) is 1.58. The lowest BCUT2D eigenvalue weighted by molar-refractivity contribution is 0.555. The third-order valence-corrected chi connectivity index (χ3v) is 4.68. The zero-order chi connectivity index (χ0) is 14.1. The molecule has 1 aromatic heterocycles. The molecule has 0 aliphatic rings. The van der Waals surface area contributed by atoms with E-state index in [1.807, 2.05) is 5.38 Å². The van der Waals surface area contributed by atoms with Crippen molar-refractivity contribution in [1.82, 2.24) is 15.0 Å². The van der Waals surface area contributed by atoms with Gasteiger partial charge in [0.1, 0.15) is 0 Å². The fourth-order valence-corrected chi connectivity index (χ4v) is 3.31. The number of rotatable bonds is 10. The van der Waals surface area contributed by atoms with Crippen LogP contribution in [0.5, 0.6) is 0 Å². The number of thiazole rings is 1. The van der Waals surface area contributed by atoms with Crippen molar-refractivity contribution in [3.05, 3.63) is 16.6 Å². The molecule has 0 amide bonds. The molecule has 1 aromatic rings. The van der Waals surface area contributed by atoms with Crippen molar-refractivity contribution in [2.75, 3.05) is 18.8 Å². The Kier molecular flexibility index (Phi) is 7.52. The highest BCUT2D eigenvalue weighted by Crippen LogP contribution is 2.01. The fraction of sp³-hybridized carbons (Fsp3) is 0.750. The summed E-state index contributed by atoms with van der Waals surface area (Å²) >= 11 is 1.52. The summed E-state index contributed by atoms with van der Waals surface area (Å²) in [4.78, 5) is 4.11. The van der Waals surface area contributed by atoms with Gasteiger partial charge in [-0.05, 0) is 19.4 Å². The Hall–Kier alpha value is -0.500. The summed E-state index contributed by atoms with van der Waals surface area (Å²) in [6.07, 6.45) is 2.22. The number of hydrogen-bond acceptors (Lipinski definition) is 5. The average molecular weight is 305 g/mol. The predicted octanol–water partition coefficient (Wildman–Crippen LogP) is 1.38. The van der Waals surface area contributed by atoms with Gasteiger partial charge in [-0.1, -0.05) is 13.8 Å². The van der Waals surface area contributed by atoms with Crippen molar-refractivity contribution in [2.24, 2.45) is 0 Å². The lowest BCUT2D eigenvalue weighted by Crippen LogP contribution is -2.29. The lowest BCUT2D eigenvalue weighted by atomic mass is 10.3. The quantitative estimate of drug-likeness (QED) is 0.641. The molecule has 0 saturated carbocycles. The Morgan fingerprint density at radius 1 is 1.32 bits per heavy atom. The van der Waals surface area contributed by atoms with Crippen LogP contribution in [-0.2, 0) is 16.4 Å². The molecule has 0 radical (unpaired) electrons. The number of hydrogen-bond donors (Lipinski definition) is 2. The van der Waals surface area contributed by atoms with Gasteiger partial charge in [-0.25, -0.2) is 18.1 Å². The summed E-state index contributed by atoms with van der Waals surface area (Å²) in [5.74, 6) is 0.198. The molecule has 0 spiro atoms. The molecule has 0 fully saturated rings. The van der Waals surface area contributed by atoms with Crippen LogP contribution in [0.25, 0.3) is 0 Å². The third-order valence-electron chi connectivity index (χ3n) is 2.58. The molecule has 0 saturated heterocycles. The maximum atomic E-state index is 11.7. The maximum absolute atomic E-state index is 11.7. The van der Waals surface area contributed by atoms with Crippen molar-refractivity contribution >= 4 is 21.4 Å². The molecule has 0 aliphatic carbocycles. The van der Waals surface area contributed by atoms with Gasteiger partial charge in [-0.2, -0.15) is 0 Å². The first-order valence-electron chi connectivity index (χ1n) is 6.57. The highest BCUT2D eigenvalue weighted by Gasteiger charge is 2.09. The number of nitrogens with one attached hydrogen (secondary N) is 2. The van der Waals surface area contributed by atoms with Crippen LogP contribution in [0.1, 0.15) is 32.4 Å². The van der Waals surface area contributed by atoms with Gasteiger partial charge in [0.15, 0.2) is 0 Å². The summed E-state index contributed by atoms with van der Waals surface area (Å²) in [6, 6.07) is 0.452. The lowest BCUT2D eigenvalue weighted by Gasteiger charge is -2.08. The molecule has 0 unspecified atom stereocenters. The molecule has 0 atom stereocenters. The van der Waals surface area contributed by atoms with Crippen molar-refractivity contribution in [2.45, 2.75) is 39.2 Å². The van der Waals surface area contributed by atoms with E-state index in [-0.39, 0.29) is 5.75 Å². The first-order valence-corrected chi connectivity index (χ1v) is 9.17. The van der Waals surface area contributed by atoms with Crippen molar-refractivity contribution < 1.29 is 8.42 Å². The first kappa shape index (κ1) is 16.6. The van der Waals surface area contributed by atoms with Crippen LogP contribution in [0, 0.1) is 0 Å². The second-order valence-electron chi connectivity index (χ2n) is 4.76. The highest BCUT2D eigenvalue weighted by molar-refractivity contribution is 7.89. The van der Waals surface area contributed by atoms with E-state index in [2.05, 4.69) is 28.9 Å². The van der Waals surface area contributed by atoms with Gasteiger partial charge in [-0.3, -0.25) is 0 Å². The Balaban J connectivity index is 2.10. The Bertz CT molecular complexity index is 430. The highest BCUT2D eigenvalue weighted by atomic mass is 32.2. The van der Waals surface area contributed by atoms with E-state index in [1.54, 1.807) is 5.51 Å². The van der Waals surface area contributed by atoms with Gasteiger partial charge < -0.3 is 5.32 Å². The number of unbranched alkanes of at least 4 members (excludes halogenated alkanes) is 1. The molecular formula is C12H23N3O2S2. The van der Waals surface area contributed by atoms with Crippen molar-refractivity contribution in [1.29, 1.82) is 0 Å². The smallest absolute Gasteiger partial charge is 0.211 e. The van der Waals surface area contributed by atoms with Crippen molar-refractivity contribution in [3.63, 3.8) is 0 Å². The molecule has 7 heteroatoms. The van der Waals surface area contributed by atoms with Crippen LogP contribution >= 0.6 is 11.3 Å². The zero-order valence-electron chi connectivity index (χ0n) is 11.6. The minimum atomic E-state index is -3.14. The van der Waals surface area contributed by atoms with E-state index in [9.17, 15) is 8.42 Å². The number of aromatic nitrogens is 1. The Morgan fingerprint density at radius 2 is 2.11 bits per heavy atom. The van der Waals surface area contributed by atoms with Crippen LogP contribution < -0.4 is 10.0 Å². The van der Waals surface area contributed by atoms with E-state index >= 15 is 0 Å². The average Bonchev–Trinajstić information content (AvgIpc) is 2.80. The molecule has 2 N–H and O–H groups in total. The normalized spacial score (nSPS) is 12.2. The second kappa shape index (κ2) is 8.63. The molecule has 19 heavy (non-hydrogen) atoms. The molecule has 110 valence electrons. The Labute approximate surface area is 119 Å². The van der Waals surface area contributed by atoms with Crippen molar-refractivity contribution in [3.8, 4) is 0 Å². The van der Waals surface area contributed by atoms with Gasteiger partial charge in [0.05, 0.1) is 17.0 Å². The van der Waals surface area contributed by atoms with Crippen LogP contribution in [0.4, 0.5) is 0 Å². The van der Waals surface area contributed by atoms with E-state index in [4.69, 9.17) is 0 Å². The topological polar surface area (TPSA) is 71.1 Å². The summed E-state index contributed by atoms with van der Waals surface area (Å²) in [7, 11) is -3.14. The van der Waals surface area contributed by atoms with E-state index in [0.29, 0.717) is 25.4 Å². The molecule has 0 aromatic carbocycles. The predicted molar refractivity (Wildman–Crippen MR) is 80.0 cm³/mol. The summed E-state index contributed by atoms with van der Waals surface area (Å²) in [6.45, 7) is 5.45. The zero-order valence-corrected chi connectivity index (χ0v) is 13.2. The maximum Gasteiger partial charge on any atom is 0.211 e. The van der Waals surface area contributed by atoms with E-state index in [0.717, 1.165) is 18.7 Å². The summed E-state index contributed by atoms with van der Waals surface area (Å²) < 4.78 is 26.0.